The number of hydrogen-bond acceptors (Lipinski definition) is 10. The topological polar surface area (TPSA) is 118 Å². The van der Waals surface area contributed by atoms with Gasteiger partial charge in [0.1, 0.15) is 11.6 Å². The molecule has 11 nitrogen and oxygen atoms in total. The van der Waals surface area contributed by atoms with Gasteiger partial charge in [0, 0.05) is 91.9 Å². The second kappa shape index (κ2) is 12.2. The summed E-state index contributed by atoms with van der Waals surface area (Å²) in [6, 6.07) is 8.19. The molecule has 3 aromatic heterocycles. The van der Waals surface area contributed by atoms with Crippen molar-refractivity contribution < 1.29 is 4.74 Å². The average molecular weight is 648 g/mol. The van der Waals surface area contributed by atoms with Gasteiger partial charge in [-0.15, -0.1) is 0 Å². The summed E-state index contributed by atoms with van der Waals surface area (Å²) in [5.41, 5.74) is 6.67. The lowest BCUT2D eigenvalue weighted by Gasteiger charge is -2.31. The maximum atomic E-state index is 5.86. The molecule has 1 saturated heterocycles. The third-order valence-corrected chi connectivity index (χ3v) is 9.02. The summed E-state index contributed by atoms with van der Waals surface area (Å²) >= 11 is 3.63. The van der Waals surface area contributed by atoms with Gasteiger partial charge in [0.05, 0.1) is 34.5 Å². The molecule has 0 aliphatic carbocycles. The Morgan fingerprint density at radius 2 is 1.81 bits per heavy atom. The van der Waals surface area contributed by atoms with Gasteiger partial charge in [-0.05, 0) is 47.5 Å². The number of halogens is 1. The minimum Gasteiger partial charge on any atom is -0.494 e. The molecule has 4 heterocycles. The summed E-state index contributed by atoms with van der Waals surface area (Å²) in [5, 5.41) is 15.9. The van der Waals surface area contributed by atoms with E-state index in [2.05, 4.69) is 82.3 Å². The minimum absolute atomic E-state index is 0.434. The number of rotatable bonds is 8. The maximum absolute atomic E-state index is 5.86. The molecule has 1 aliphatic heterocycles. The van der Waals surface area contributed by atoms with Crippen molar-refractivity contribution in [3.8, 4) is 16.9 Å². The van der Waals surface area contributed by atoms with Crippen molar-refractivity contribution in [1.29, 1.82) is 0 Å². The third-order valence-electron chi connectivity index (χ3n) is 7.10. The maximum Gasteiger partial charge on any atom is 0.229 e. The Balaban J connectivity index is 1.37. The summed E-state index contributed by atoms with van der Waals surface area (Å²) in [6.07, 6.45) is 9.10. The van der Waals surface area contributed by atoms with Crippen molar-refractivity contribution >= 4 is 69.0 Å². The van der Waals surface area contributed by atoms with E-state index in [0.29, 0.717) is 17.5 Å². The van der Waals surface area contributed by atoms with E-state index in [1.807, 2.05) is 36.3 Å². The predicted molar refractivity (Wildman–Crippen MR) is 175 cm³/mol. The standard InChI is InChI=1S/C29H32BrN10OP/c1-39-17-18(15-35-39)19-13-23(25(41-2)14-24(19)40-11-9-31-10-12-40)37-29-34-16-20(30)28(38-29)36-22-6-5-21-26(27(22)42(3)4)33-8-7-32-21/h5-8,13-17,31H,9-12H2,1-4H3,(H2,34,36,37,38). The number of fused-ring (bicyclic) bond motifs is 1. The first-order chi connectivity index (χ1) is 20.4. The highest BCUT2D eigenvalue weighted by Gasteiger charge is 2.21. The number of nitrogens with one attached hydrogen (secondary N) is 3. The van der Waals surface area contributed by atoms with Crippen molar-refractivity contribution in [1.82, 2.24) is 35.0 Å². The molecule has 0 amide bonds. The number of benzene rings is 2. The Hall–Kier alpha value is -3.86. The van der Waals surface area contributed by atoms with Gasteiger partial charge in [0.2, 0.25) is 5.95 Å². The van der Waals surface area contributed by atoms with E-state index in [9.17, 15) is 0 Å². The summed E-state index contributed by atoms with van der Waals surface area (Å²) in [7, 11) is 3.13. The number of ether oxygens (including phenoxy) is 1. The number of hydrogen-bond donors (Lipinski definition) is 3. The average Bonchev–Trinajstić information content (AvgIpc) is 3.44. The summed E-state index contributed by atoms with van der Waals surface area (Å²) < 4.78 is 8.42. The first-order valence-corrected chi connectivity index (χ1v) is 16.6. The number of piperazine rings is 1. The van der Waals surface area contributed by atoms with E-state index in [-0.39, 0.29) is 0 Å². The molecule has 216 valence electrons. The van der Waals surface area contributed by atoms with Crippen molar-refractivity contribution in [3.05, 3.63) is 59.7 Å². The normalized spacial score (nSPS) is 13.5. The highest BCUT2D eigenvalue weighted by atomic mass is 79.9. The number of nitrogens with zero attached hydrogens (tertiary/aromatic N) is 7. The van der Waals surface area contributed by atoms with Gasteiger partial charge in [-0.2, -0.15) is 10.1 Å². The lowest BCUT2D eigenvalue weighted by atomic mass is 10.0. The molecule has 42 heavy (non-hydrogen) atoms. The van der Waals surface area contributed by atoms with Crippen LogP contribution in [-0.4, -0.2) is 76.3 Å². The molecule has 0 bridgehead atoms. The van der Waals surface area contributed by atoms with E-state index < -0.39 is 7.92 Å². The van der Waals surface area contributed by atoms with E-state index in [0.717, 1.165) is 75.2 Å². The molecular formula is C29H32BrN10OP. The monoisotopic (exact) mass is 646 g/mol. The smallest absolute Gasteiger partial charge is 0.229 e. The molecule has 3 N–H and O–H groups in total. The molecule has 1 aliphatic rings. The van der Waals surface area contributed by atoms with Gasteiger partial charge < -0.3 is 25.6 Å². The zero-order valence-corrected chi connectivity index (χ0v) is 26.4. The molecule has 13 heteroatoms. The van der Waals surface area contributed by atoms with E-state index >= 15 is 0 Å². The van der Waals surface area contributed by atoms with Crippen molar-refractivity contribution in [2.24, 2.45) is 7.05 Å². The predicted octanol–water partition coefficient (Wildman–Crippen LogP) is 4.86. The Morgan fingerprint density at radius 3 is 2.55 bits per heavy atom. The van der Waals surface area contributed by atoms with Crippen LogP contribution in [0.4, 0.5) is 28.8 Å². The minimum atomic E-state index is -0.480. The molecule has 0 unspecified atom stereocenters. The van der Waals surface area contributed by atoms with Crippen LogP contribution in [0, 0.1) is 0 Å². The first-order valence-electron chi connectivity index (χ1n) is 13.6. The second-order valence-electron chi connectivity index (χ2n) is 10.1. The molecule has 0 radical (unpaired) electrons. The molecule has 0 saturated carbocycles. The Bertz CT molecular complexity index is 1740. The number of methoxy groups -OCH3 is 1. The number of aryl methyl sites for hydroxylation is 1. The Kier molecular flexibility index (Phi) is 8.19. The summed E-state index contributed by atoms with van der Waals surface area (Å²) in [5.74, 6) is 1.77. The molecule has 0 spiro atoms. The van der Waals surface area contributed by atoms with Crippen LogP contribution in [0.25, 0.3) is 22.2 Å². The van der Waals surface area contributed by atoms with Crippen molar-refractivity contribution in [2.45, 2.75) is 0 Å². The van der Waals surface area contributed by atoms with Crippen LogP contribution < -0.4 is 30.9 Å². The Labute approximate surface area is 254 Å². The van der Waals surface area contributed by atoms with Gasteiger partial charge in [-0.1, -0.05) is 7.92 Å². The van der Waals surface area contributed by atoms with Crippen molar-refractivity contribution in [2.75, 3.05) is 62.2 Å². The largest absolute Gasteiger partial charge is 0.494 e. The second-order valence-corrected chi connectivity index (χ2v) is 13.2. The Morgan fingerprint density at radius 1 is 1.00 bits per heavy atom. The molecule has 6 rings (SSSR count). The summed E-state index contributed by atoms with van der Waals surface area (Å²) in [4.78, 5) is 20.9. The van der Waals surface area contributed by atoms with E-state index in [1.165, 1.54) is 0 Å². The van der Waals surface area contributed by atoms with Crippen molar-refractivity contribution in [3.63, 3.8) is 0 Å². The van der Waals surface area contributed by atoms with Crippen LogP contribution in [0.5, 0.6) is 5.75 Å². The van der Waals surface area contributed by atoms with E-state index in [4.69, 9.17) is 9.72 Å². The van der Waals surface area contributed by atoms with Crippen LogP contribution in [0.1, 0.15) is 0 Å². The number of aromatic nitrogens is 6. The van der Waals surface area contributed by atoms with Crippen LogP contribution in [0.15, 0.2) is 59.7 Å². The highest BCUT2D eigenvalue weighted by Crippen LogP contribution is 2.41. The van der Waals surface area contributed by atoms with Crippen LogP contribution in [-0.2, 0) is 7.05 Å². The summed E-state index contributed by atoms with van der Waals surface area (Å²) in [6.45, 7) is 8.11. The fourth-order valence-corrected chi connectivity index (χ4v) is 6.63. The van der Waals surface area contributed by atoms with Crippen LogP contribution in [0.3, 0.4) is 0 Å². The zero-order chi connectivity index (χ0) is 29.2. The molecular weight excluding hydrogens is 615 g/mol. The van der Waals surface area contributed by atoms with Gasteiger partial charge >= 0.3 is 0 Å². The zero-order valence-electron chi connectivity index (χ0n) is 23.9. The molecule has 5 aromatic rings. The van der Waals surface area contributed by atoms with E-state index in [1.54, 1.807) is 25.7 Å². The molecule has 0 atom stereocenters. The van der Waals surface area contributed by atoms with Crippen LogP contribution in [0.2, 0.25) is 0 Å². The lowest BCUT2D eigenvalue weighted by molar-refractivity contribution is 0.416. The quantitative estimate of drug-likeness (QED) is 0.202. The first kappa shape index (κ1) is 28.3. The third kappa shape index (κ3) is 5.74. The highest BCUT2D eigenvalue weighted by molar-refractivity contribution is 9.10. The molecule has 2 aromatic carbocycles. The van der Waals surface area contributed by atoms with Gasteiger partial charge in [0.25, 0.3) is 0 Å². The van der Waals surface area contributed by atoms with Gasteiger partial charge in [0.15, 0.2) is 0 Å². The fraction of sp³-hybridized carbons (Fsp3) is 0.276. The van der Waals surface area contributed by atoms with Crippen LogP contribution >= 0.6 is 23.9 Å². The fourth-order valence-electron chi connectivity index (χ4n) is 5.13. The van der Waals surface area contributed by atoms with Gasteiger partial charge in [-0.25, -0.2) is 4.98 Å². The number of anilines is 5. The lowest BCUT2D eigenvalue weighted by Crippen LogP contribution is -2.43. The van der Waals surface area contributed by atoms with Gasteiger partial charge in [-0.3, -0.25) is 14.6 Å². The SMILES string of the molecule is COc1cc(N2CCNCC2)c(-c2cnn(C)c2)cc1Nc1ncc(Br)c(Nc2ccc3nccnc3c2P(C)C)n1. The molecule has 1 fully saturated rings.